The van der Waals surface area contributed by atoms with E-state index in [1.165, 1.54) is 69.7 Å². The van der Waals surface area contributed by atoms with Crippen LogP contribution in [0.3, 0.4) is 0 Å². The van der Waals surface area contributed by atoms with Gasteiger partial charge in [-0.15, -0.1) is 0 Å². The molecule has 0 bridgehead atoms. The van der Waals surface area contributed by atoms with E-state index in [1.807, 2.05) is 0 Å². The van der Waals surface area contributed by atoms with Gasteiger partial charge in [0.05, 0.1) is 0 Å². The van der Waals surface area contributed by atoms with Gasteiger partial charge in [-0.1, -0.05) is 70.4 Å². The van der Waals surface area contributed by atoms with Crippen LogP contribution in [0.15, 0.2) is 17.1 Å². The molecule has 0 unspecified atom stereocenters. The lowest BCUT2D eigenvalue weighted by Crippen LogP contribution is -2.38. The quantitative estimate of drug-likeness (QED) is 0.158. The van der Waals surface area contributed by atoms with Crippen LogP contribution >= 0.6 is 0 Å². The average molecular weight is 396 g/mol. The minimum Gasteiger partial charge on any atom is -0.480 e. The second kappa shape index (κ2) is 18.5. The van der Waals surface area contributed by atoms with E-state index in [0.717, 1.165) is 25.7 Å². The summed E-state index contributed by atoms with van der Waals surface area (Å²) in [6.07, 6.45) is 20.8. The molecule has 6 heteroatoms. The Morgan fingerprint density at radius 2 is 1.39 bits per heavy atom. The van der Waals surface area contributed by atoms with Gasteiger partial charge in [-0.25, -0.2) is 0 Å². The predicted molar refractivity (Wildman–Crippen MR) is 116 cm³/mol. The van der Waals surface area contributed by atoms with E-state index in [1.54, 1.807) is 0 Å². The third-order valence-electron chi connectivity index (χ3n) is 4.66. The second-order valence-electron chi connectivity index (χ2n) is 7.45. The molecule has 0 saturated heterocycles. The van der Waals surface area contributed by atoms with Crippen molar-refractivity contribution in [2.24, 2.45) is 10.7 Å². The third kappa shape index (κ3) is 17.6. The van der Waals surface area contributed by atoms with Crippen molar-refractivity contribution in [1.82, 2.24) is 4.90 Å². The molecule has 1 amide bonds. The van der Waals surface area contributed by atoms with E-state index < -0.39 is 5.97 Å². The summed E-state index contributed by atoms with van der Waals surface area (Å²) in [5.74, 6) is -1.34. The zero-order valence-corrected chi connectivity index (χ0v) is 18.0. The normalized spacial score (nSPS) is 11.9. The van der Waals surface area contributed by atoms with E-state index in [-0.39, 0.29) is 18.4 Å². The zero-order valence-electron chi connectivity index (χ0n) is 18.0. The third-order valence-corrected chi connectivity index (χ3v) is 4.66. The average Bonchev–Trinajstić information content (AvgIpc) is 2.64. The maximum Gasteiger partial charge on any atom is 0.323 e. The van der Waals surface area contributed by atoms with Gasteiger partial charge in [0.25, 0.3) is 0 Å². The molecule has 3 N–H and O–H groups in total. The van der Waals surface area contributed by atoms with Crippen molar-refractivity contribution in [3.63, 3.8) is 0 Å². The van der Waals surface area contributed by atoms with Crippen LogP contribution in [-0.4, -0.2) is 41.4 Å². The number of unbranched alkanes of at least 4 members (excludes halogenated alkanes) is 11. The molecule has 6 nitrogen and oxygen atoms in total. The highest BCUT2D eigenvalue weighted by atomic mass is 16.4. The number of carbonyl (C=O) groups is 2. The molecule has 28 heavy (non-hydrogen) atoms. The smallest absolute Gasteiger partial charge is 0.323 e. The molecule has 0 radical (unpaired) electrons. The number of aliphatic carboxylic acids is 1. The Kier molecular flexibility index (Phi) is 17.3. The van der Waals surface area contributed by atoms with Gasteiger partial charge in [-0.2, -0.15) is 4.99 Å². The highest BCUT2D eigenvalue weighted by Gasteiger charge is 2.08. The summed E-state index contributed by atoms with van der Waals surface area (Å²) in [5, 5.41) is 8.68. The summed E-state index contributed by atoms with van der Waals surface area (Å²) < 4.78 is 0. The van der Waals surface area contributed by atoms with E-state index >= 15 is 0 Å². The number of carboxylic acid groups (broad SMARTS) is 1. The van der Waals surface area contributed by atoms with Crippen LogP contribution in [0.25, 0.3) is 0 Å². The van der Waals surface area contributed by atoms with Crippen LogP contribution in [0.1, 0.15) is 96.8 Å². The summed E-state index contributed by atoms with van der Waals surface area (Å²) in [4.78, 5) is 27.3. The number of guanidine groups is 1. The topological polar surface area (TPSA) is 96.0 Å². The van der Waals surface area contributed by atoms with Gasteiger partial charge >= 0.3 is 5.97 Å². The van der Waals surface area contributed by atoms with Crippen LogP contribution in [0.4, 0.5) is 0 Å². The standard InChI is InChI=1S/C22H41N3O3/c1-3-4-5-6-7-8-9-10-11-12-13-14-15-16-17-18-20(26)24-22(23)25(2)19-21(27)28/h10-11H,3-9,12-19H2,1-2H3,(H,27,28)(H2,23,24,26). The van der Waals surface area contributed by atoms with Gasteiger partial charge in [0, 0.05) is 13.5 Å². The molecular weight excluding hydrogens is 354 g/mol. The van der Waals surface area contributed by atoms with Crippen molar-refractivity contribution in [3.8, 4) is 0 Å². The van der Waals surface area contributed by atoms with Gasteiger partial charge in [-0.3, -0.25) is 9.59 Å². The summed E-state index contributed by atoms with van der Waals surface area (Å²) in [6.45, 7) is 1.98. The lowest BCUT2D eigenvalue weighted by molar-refractivity contribution is -0.137. The number of nitrogens with two attached hydrogens (primary N) is 1. The van der Waals surface area contributed by atoms with E-state index in [9.17, 15) is 9.59 Å². The Morgan fingerprint density at radius 1 is 0.893 bits per heavy atom. The van der Waals surface area contributed by atoms with Gasteiger partial charge < -0.3 is 15.7 Å². The number of nitrogens with zero attached hydrogens (tertiary/aromatic N) is 2. The number of likely N-dealkylation sites (N-methyl/N-ethyl adjacent to an activating group) is 1. The van der Waals surface area contributed by atoms with Crippen LogP contribution in [0.2, 0.25) is 0 Å². The Bertz CT molecular complexity index is 476. The fourth-order valence-corrected chi connectivity index (χ4v) is 2.90. The predicted octanol–water partition coefficient (Wildman–Crippen LogP) is 4.88. The van der Waals surface area contributed by atoms with Crippen molar-refractivity contribution in [2.45, 2.75) is 96.8 Å². The highest BCUT2D eigenvalue weighted by Crippen LogP contribution is 2.10. The first-order chi connectivity index (χ1) is 13.5. The Labute approximate surface area is 171 Å². The maximum absolute atomic E-state index is 11.7. The molecule has 0 aliphatic rings. The number of aliphatic imine (C=N–C) groups is 1. The Balaban J connectivity index is 3.53. The molecular formula is C22H41N3O3. The molecule has 0 aromatic carbocycles. The highest BCUT2D eigenvalue weighted by molar-refractivity contribution is 5.93. The lowest BCUT2D eigenvalue weighted by atomic mass is 10.1. The number of hydrogen-bond acceptors (Lipinski definition) is 2. The summed E-state index contributed by atoms with van der Waals surface area (Å²) in [6, 6.07) is 0. The van der Waals surface area contributed by atoms with Crippen molar-refractivity contribution in [3.05, 3.63) is 12.2 Å². The molecule has 0 aromatic heterocycles. The maximum atomic E-state index is 11.7. The summed E-state index contributed by atoms with van der Waals surface area (Å²) >= 11 is 0. The Morgan fingerprint density at radius 3 is 1.93 bits per heavy atom. The molecule has 0 atom stereocenters. The molecule has 0 fully saturated rings. The van der Waals surface area contributed by atoms with Gasteiger partial charge in [0.15, 0.2) is 5.96 Å². The molecule has 0 spiro atoms. The van der Waals surface area contributed by atoms with E-state index in [4.69, 9.17) is 10.8 Å². The van der Waals surface area contributed by atoms with Crippen molar-refractivity contribution < 1.29 is 14.7 Å². The number of rotatable bonds is 17. The molecule has 0 rings (SSSR count). The van der Waals surface area contributed by atoms with Crippen molar-refractivity contribution in [2.75, 3.05) is 13.6 Å². The van der Waals surface area contributed by atoms with Gasteiger partial charge in [0.2, 0.25) is 5.91 Å². The second-order valence-corrected chi connectivity index (χ2v) is 7.45. The Hall–Kier alpha value is -1.85. The van der Waals surface area contributed by atoms with E-state index in [2.05, 4.69) is 24.1 Å². The number of allylic oxidation sites excluding steroid dienone is 2. The first-order valence-electron chi connectivity index (χ1n) is 10.9. The minimum atomic E-state index is -1.01. The SMILES string of the molecule is CCCCCCCCC=CCCCCCCCC(=O)N=C(N)N(C)CC(=O)O. The molecule has 0 saturated carbocycles. The fourth-order valence-electron chi connectivity index (χ4n) is 2.90. The largest absolute Gasteiger partial charge is 0.480 e. The monoisotopic (exact) mass is 395 g/mol. The van der Waals surface area contributed by atoms with Crippen molar-refractivity contribution in [1.29, 1.82) is 0 Å². The van der Waals surface area contributed by atoms with Crippen LogP contribution in [0.5, 0.6) is 0 Å². The number of carbonyl (C=O) groups excluding carboxylic acids is 1. The van der Waals surface area contributed by atoms with Crippen LogP contribution < -0.4 is 5.73 Å². The molecule has 0 aromatic rings. The van der Waals surface area contributed by atoms with Crippen LogP contribution in [-0.2, 0) is 9.59 Å². The van der Waals surface area contributed by atoms with Gasteiger partial charge in [0.1, 0.15) is 6.54 Å². The summed E-state index contributed by atoms with van der Waals surface area (Å²) in [5.41, 5.74) is 5.61. The minimum absolute atomic E-state index is 0.0415. The van der Waals surface area contributed by atoms with Crippen LogP contribution in [0, 0.1) is 0 Å². The zero-order chi connectivity index (χ0) is 21.0. The first-order valence-corrected chi connectivity index (χ1v) is 10.9. The summed E-state index contributed by atoms with van der Waals surface area (Å²) in [7, 11) is 1.50. The number of amides is 1. The number of hydrogen-bond donors (Lipinski definition) is 2. The molecule has 162 valence electrons. The van der Waals surface area contributed by atoms with Crippen molar-refractivity contribution >= 4 is 17.8 Å². The molecule has 0 aliphatic heterocycles. The van der Waals surface area contributed by atoms with E-state index in [0.29, 0.717) is 6.42 Å². The lowest BCUT2D eigenvalue weighted by Gasteiger charge is -2.14. The fraction of sp³-hybridized carbons (Fsp3) is 0.773. The molecule has 0 heterocycles. The van der Waals surface area contributed by atoms with Gasteiger partial charge in [-0.05, 0) is 32.1 Å². The molecule has 0 aliphatic carbocycles. The first kappa shape index (κ1) is 26.1. The number of carboxylic acids is 1.